The molecule has 0 saturated heterocycles. The molecular weight excluding hydrogens is 713 g/mol. The second kappa shape index (κ2) is 13.8. The Balaban J connectivity index is 1.09. The van der Waals surface area contributed by atoms with Crippen molar-refractivity contribution in [1.82, 2.24) is 4.98 Å². The first kappa shape index (κ1) is 33.1. The molecule has 0 fully saturated rings. The zero-order valence-corrected chi connectivity index (χ0v) is 31.7. The molecule has 3 nitrogen and oxygen atoms in total. The Labute approximate surface area is 334 Å². The molecule has 2 heterocycles. The molecule has 4 heteroatoms. The van der Waals surface area contributed by atoms with Crippen molar-refractivity contribution in [3.63, 3.8) is 0 Å². The molecule has 0 atom stereocenters. The van der Waals surface area contributed by atoms with E-state index in [1.165, 1.54) is 33.0 Å². The minimum absolute atomic E-state index is 0.877. The summed E-state index contributed by atoms with van der Waals surface area (Å²) in [6.45, 7) is 0. The summed E-state index contributed by atoms with van der Waals surface area (Å²) in [4.78, 5) is 7.57. The molecule has 0 aliphatic heterocycles. The van der Waals surface area contributed by atoms with Crippen molar-refractivity contribution in [2.45, 2.75) is 0 Å². The highest BCUT2D eigenvalue weighted by molar-refractivity contribution is 7.22. The molecule has 0 aliphatic carbocycles. The van der Waals surface area contributed by atoms with Crippen molar-refractivity contribution in [2.24, 2.45) is 0 Å². The van der Waals surface area contributed by atoms with E-state index in [2.05, 4.69) is 193 Å². The lowest BCUT2D eigenvalue weighted by atomic mass is 9.96. The van der Waals surface area contributed by atoms with Crippen LogP contribution in [0, 0.1) is 0 Å². The minimum atomic E-state index is 0.877. The molecule has 0 aliphatic rings. The number of nitrogens with zero attached hydrogens (tertiary/aromatic N) is 2. The number of rotatable bonds is 7. The predicted octanol–water partition coefficient (Wildman–Crippen LogP) is 15.5. The number of thiazole rings is 1. The molecule has 0 saturated carbocycles. The van der Waals surface area contributed by atoms with Gasteiger partial charge in [-0.25, -0.2) is 4.98 Å². The summed E-state index contributed by atoms with van der Waals surface area (Å²) in [6.07, 6.45) is 0. The van der Waals surface area contributed by atoms with Gasteiger partial charge in [0.05, 0.1) is 15.9 Å². The number of fused-ring (bicyclic) bond motifs is 5. The number of aromatic nitrogens is 1. The van der Waals surface area contributed by atoms with Crippen LogP contribution in [0.15, 0.2) is 211 Å². The molecule has 57 heavy (non-hydrogen) atoms. The predicted molar refractivity (Wildman–Crippen MR) is 241 cm³/mol. The van der Waals surface area contributed by atoms with Gasteiger partial charge < -0.3 is 9.32 Å². The summed E-state index contributed by atoms with van der Waals surface area (Å²) in [5, 5.41) is 5.56. The zero-order chi connectivity index (χ0) is 37.7. The van der Waals surface area contributed by atoms with Gasteiger partial charge in [-0.15, -0.1) is 11.3 Å². The average Bonchev–Trinajstić information content (AvgIpc) is 3.89. The Hall–Kier alpha value is -7.27. The molecule has 11 rings (SSSR count). The third-order valence-electron chi connectivity index (χ3n) is 10.9. The van der Waals surface area contributed by atoms with Crippen molar-refractivity contribution >= 4 is 71.3 Å². The van der Waals surface area contributed by atoms with Gasteiger partial charge in [-0.2, -0.15) is 0 Å². The third-order valence-corrected chi connectivity index (χ3v) is 12.1. The molecular formula is C53H34N2OS. The molecule has 9 aromatic carbocycles. The Morgan fingerprint density at radius 2 is 0.965 bits per heavy atom. The summed E-state index contributed by atoms with van der Waals surface area (Å²) >= 11 is 1.72. The number of anilines is 3. The minimum Gasteiger partial charge on any atom is -0.455 e. The van der Waals surface area contributed by atoms with Gasteiger partial charge in [-0.1, -0.05) is 164 Å². The first-order valence-electron chi connectivity index (χ1n) is 19.2. The standard InChI is InChI=1S/C53H34N2OS/c1-4-14-35(15-5-1)36-24-28-40(29-25-36)55(48-33-32-42(37-16-6-2-7-17-37)43-20-10-11-21-44(43)48)41-30-26-38(27-31-41)50-51-46(45-22-12-13-23-49(45)56-51)34-47-52(50)57-53(54-47)39-18-8-3-9-19-39/h1-34H. The molecule has 11 aromatic rings. The van der Waals surface area contributed by atoms with Gasteiger partial charge in [0.2, 0.25) is 0 Å². The summed E-state index contributed by atoms with van der Waals surface area (Å²) < 4.78 is 7.80. The second-order valence-corrected chi connectivity index (χ2v) is 15.3. The van der Waals surface area contributed by atoms with Gasteiger partial charge in [0, 0.05) is 38.7 Å². The number of hydrogen-bond donors (Lipinski definition) is 0. The Morgan fingerprint density at radius 3 is 1.65 bits per heavy atom. The van der Waals surface area contributed by atoms with Crippen LogP contribution in [-0.2, 0) is 0 Å². The summed E-state index contributed by atoms with van der Waals surface area (Å²) in [7, 11) is 0. The highest BCUT2D eigenvalue weighted by atomic mass is 32.1. The number of para-hydroxylation sites is 1. The van der Waals surface area contributed by atoms with E-state index in [1.807, 2.05) is 18.2 Å². The van der Waals surface area contributed by atoms with Crippen molar-refractivity contribution in [3.8, 4) is 44.0 Å². The van der Waals surface area contributed by atoms with Crippen LogP contribution < -0.4 is 4.90 Å². The van der Waals surface area contributed by atoms with Crippen molar-refractivity contribution in [3.05, 3.63) is 206 Å². The topological polar surface area (TPSA) is 29.3 Å². The molecule has 0 N–H and O–H groups in total. The Bertz CT molecular complexity index is 3210. The molecule has 0 bridgehead atoms. The van der Waals surface area contributed by atoms with Gasteiger partial charge in [-0.05, 0) is 75.7 Å². The van der Waals surface area contributed by atoms with Crippen LogP contribution in [0.1, 0.15) is 0 Å². The van der Waals surface area contributed by atoms with Crippen molar-refractivity contribution in [2.75, 3.05) is 4.90 Å². The largest absolute Gasteiger partial charge is 0.455 e. The second-order valence-electron chi connectivity index (χ2n) is 14.3. The molecule has 0 amide bonds. The normalized spacial score (nSPS) is 11.5. The highest BCUT2D eigenvalue weighted by Gasteiger charge is 2.22. The van der Waals surface area contributed by atoms with E-state index < -0.39 is 0 Å². The first-order chi connectivity index (χ1) is 28.3. The van der Waals surface area contributed by atoms with Crippen LogP contribution in [0.2, 0.25) is 0 Å². The summed E-state index contributed by atoms with van der Waals surface area (Å²) in [6, 6.07) is 73.3. The van der Waals surface area contributed by atoms with E-state index in [1.54, 1.807) is 11.3 Å². The highest BCUT2D eigenvalue weighted by Crippen LogP contribution is 2.47. The van der Waals surface area contributed by atoms with Gasteiger partial charge >= 0.3 is 0 Å². The molecule has 2 aromatic heterocycles. The molecule has 0 radical (unpaired) electrons. The third kappa shape index (κ3) is 5.78. The van der Waals surface area contributed by atoms with Crippen LogP contribution in [0.25, 0.3) is 86.9 Å². The van der Waals surface area contributed by atoms with E-state index in [4.69, 9.17) is 9.40 Å². The number of furan rings is 1. The quantitative estimate of drug-likeness (QED) is 0.163. The van der Waals surface area contributed by atoms with Gasteiger partial charge in [0.25, 0.3) is 0 Å². The smallest absolute Gasteiger partial charge is 0.144 e. The molecule has 268 valence electrons. The average molecular weight is 747 g/mol. The fourth-order valence-electron chi connectivity index (χ4n) is 8.20. The van der Waals surface area contributed by atoms with Gasteiger partial charge in [-0.3, -0.25) is 0 Å². The van der Waals surface area contributed by atoms with Crippen molar-refractivity contribution < 1.29 is 4.42 Å². The summed E-state index contributed by atoms with van der Waals surface area (Å²) in [5.41, 5.74) is 14.1. The molecule has 0 spiro atoms. The van der Waals surface area contributed by atoms with E-state index in [0.717, 1.165) is 70.9 Å². The number of benzene rings is 9. The van der Waals surface area contributed by atoms with E-state index in [9.17, 15) is 0 Å². The lowest BCUT2D eigenvalue weighted by Gasteiger charge is -2.28. The maximum Gasteiger partial charge on any atom is 0.144 e. The maximum atomic E-state index is 6.69. The van der Waals surface area contributed by atoms with Gasteiger partial charge in [0.15, 0.2) is 0 Å². The number of hydrogen-bond acceptors (Lipinski definition) is 4. The fraction of sp³-hybridized carbons (Fsp3) is 0. The van der Waals surface area contributed by atoms with Crippen LogP contribution >= 0.6 is 11.3 Å². The lowest BCUT2D eigenvalue weighted by Crippen LogP contribution is -2.10. The van der Waals surface area contributed by atoms with Crippen LogP contribution in [0.3, 0.4) is 0 Å². The van der Waals surface area contributed by atoms with Crippen molar-refractivity contribution in [1.29, 1.82) is 0 Å². The van der Waals surface area contributed by atoms with Crippen LogP contribution in [-0.4, -0.2) is 4.98 Å². The van der Waals surface area contributed by atoms with Gasteiger partial charge in [0.1, 0.15) is 16.2 Å². The SMILES string of the molecule is c1ccc(-c2ccc(N(c3ccc(-c4c5oc6ccccc6c5cc5nc(-c6ccccc6)sc45)cc3)c3ccc(-c4ccccc4)c4ccccc34)cc2)cc1. The zero-order valence-electron chi connectivity index (χ0n) is 30.8. The van der Waals surface area contributed by atoms with Crippen LogP contribution in [0.4, 0.5) is 17.1 Å². The first-order valence-corrected chi connectivity index (χ1v) is 20.0. The van der Waals surface area contributed by atoms with Crippen LogP contribution in [0.5, 0.6) is 0 Å². The van der Waals surface area contributed by atoms with E-state index in [-0.39, 0.29) is 0 Å². The summed E-state index contributed by atoms with van der Waals surface area (Å²) in [5.74, 6) is 0. The van der Waals surface area contributed by atoms with E-state index >= 15 is 0 Å². The lowest BCUT2D eigenvalue weighted by molar-refractivity contribution is 0.670. The Kier molecular flexibility index (Phi) is 8.01. The van der Waals surface area contributed by atoms with E-state index in [0.29, 0.717) is 0 Å². The Morgan fingerprint density at radius 1 is 0.421 bits per heavy atom. The maximum absolute atomic E-state index is 6.69. The monoisotopic (exact) mass is 746 g/mol. The fourth-order valence-corrected chi connectivity index (χ4v) is 9.31. The molecule has 0 unspecified atom stereocenters.